The van der Waals surface area contributed by atoms with Crippen molar-refractivity contribution in [2.75, 3.05) is 5.32 Å². The van der Waals surface area contributed by atoms with Crippen LogP contribution in [0.2, 0.25) is 5.02 Å². The zero-order valence-electron chi connectivity index (χ0n) is 13.5. The molecule has 0 saturated carbocycles. The van der Waals surface area contributed by atoms with Gasteiger partial charge in [0.05, 0.1) is 5.56 Å². The molecular weight excluding hydrogens is 436 g/mol. The van der Waals surface area contributed by atoms with Gasteiger partial charge in [0.1, 0.15) is 10.6 Å². The third-order valence-corrected chi connectivity index (χ3v) is 5.86. The maximum atomic E-state index is 12.8. The van der Waals surface area contributed by atoms with E-state index in [1.165, 1.54) is 12.1 Å². The Morgan fingerprint density at radius 3 is 2.15 bits per heavy atom. The predicted molar refractivity (Wildman–Crippen MR) is 108 cm³/mol. The Bertz CT molecular complexity index is 1040. The molecule has 0 fully saturated rings. The molecule has 4 nitrogen and oxygen atoms in total. The summed E-state index contributed by atoms with van der Waals surface area (Å²) >= 11 is 9.32. The first kappa shape index (κ1) is 18.6. The van der Waals surface area contributed by atoms with Gasteiger partial charge in [-0.1, -0.05) is 41.9 Å². The highest BCUT2D eigenvalue weighted by atomic mass is 79.9. The van der Waals surface area contributed by atoms with E-state index in [0.29, 0.717) is 16.4 Å². The summed E-state index contributed by atoms with van der Waals surface area (Å²) in [5, 5.41) is 3.62. The van der Waals surface area contributed by atoms with E-state index in [1.54, 1.807) is 12.1 Å². The van der Waals surface area contributed by atoms with Crippen LogP contribution in [-0.4, -0.2) is 14.3 Å². The van der Waals surface area contributed by atoms with Crippen LogP contribution in [0.4, 0.5) is 5.69 Å². The highest BCUT2D eigenvalue weighted by Gasteiger charge is 2.22. The van der Waals surface area contributed by atoms with Crippen molar-refractivity contribution in [3.05, 3.63) is 93.9 Å². The summed E-state index contributed by atoms with van der Waals surface area (Å²) in [5.41, 5.74) is 1.45. The predicted octanol–water partition coefficient (Wildman–Crippen LogP) is 3.43. The van der Waals surface area contributed by atoms with E-state index in [0.717, 1.165) is 10.2 Å². The fraction of sp³-hybridized carbons (Fsp3) is 0. The lowest BCUT2D eigenvalue weighted by atomic mass is 10.2. The van der Waals surface area contributed by atoms with Gasteiger partial charge in [-0.05, 0) is 64.5 Å². The summed E-state index contributed by atoms with van der Waals surface area (Å²) in [7, 11) is -3.79. The van der Waals surface area contributed by atoms with Crippen LogP contribution in [0.25, 0.3) is 0 Å². The summed E-state index contributed by atoms with van der Waals surface area (Å²) in [5.74, 6) is 0.346. The van der Waals surface area contributed by atoms with Crippen molar-refractivity contribution in [1.29, 1.82) is 0 Å². The molecule has 2 N–H and O–H groups in total. The molecule has 0 atom stereocenters. The Hall–Kier alpha value is -2.15. The minimum Gasteiger partial charge on any atom is -0.240 e. The molecule has 0 radical (unpaired) electrons. The number of sulfonamides is 1. The summed E-state index contributed by atoms with van der Waals surface area (Å²) in [6.45, 7) is 0. The maximum Gasteiger partial charge on any atom is 0.328 e. The monoisotopic (exact) mass is 449 g/mol. The van der Waals surface area contributed by atoms with Gasteiger partial charge in [0.15, 0.2) is 0 Å². The lowest BCUT2D eigenvalue weighted by molar-refractivity contribution is -0.266. The smallest absolute Gasteiger partial charge is 0.240 e. The molecule has 0 bridgehead atoms. The number of hydrogen-bond acceptors (Lipinski definition) is 2. The van der Waals surface area contributed by atoms with E-state index >= 15 is 0 Å². The highest BCUT2D eigenvalue weighted by molar-refractivity contribution is 9.10. The molecule has 0 aliphatic heterocycles. The first-order valence-corrected chi connectivity index (χ1v) is 10.3. The van der Waals surface area contributed by atoms with Gasteiger partial charge in [-0.15, -0.1) is 0 Å². The van der Waals surface area contributed by atoms with Crippen molar-refractivity contribution >= 4 is 49.1 Å². The molecule has 3 aromatic carbocycles. The van der Waals surface area contributed by atoms with Gasteiger partial charge in [0, 0.05) is 9.50 Å². The standard InChI is InChI=1S/C19H14BrClN2O2S/c20-18-9-5-4-8-17(18)19(22-15-6-2-1-3-7-15)23-26(24,25)16-12-10-14(21)11-13-16/h1-13H,(H,22,23)/p+1. The van der Waals surface area contributed by atoms with Crippen LogP contribution in [0.3, 0.4) is 0 Å². The molecule has 0 heterocycles. The lowest BCUT2D eigenvalue weighted by Gasteiger charge is -2.06. The summed E-state index contributed by atoms with van der Waals surface area (Å²) in [4.78, 5) is 0.126. The number of rotatable bonds is 4. The average Bonchev–Trinajstić information content (AvgIpc) is 2.63. The Morgan fingerprint density at radius 2 is 1.50 bits per heavy atom. The molecule has 0 amide bonds. The van der Waals surface area contributed by atoms with Gasteiger partial charge in [0.25, 0.3) is 5.84 Å². The molecule has 3 rings (SSSR count). The number of para-hydroxylation sites is 1. The second kappa shape index (κ2) is 8.03. The Kier molecular flexibility index (Phi) is 5.76. The Balaban J connectivity index is 2.09. The molecule has 132 valence electrons. The molecule has 0 aliphatic rings. The third kappa shape index (κ3) is 4.52. The fourth-order valence-electron chi connectivity index (χ4n) is 2.28. The van der Waals surface area contributed by atoms with Gasteiger partial charge in [-0.2, -0.15) is 12.8 Å². The van der Waals surface area contributed by atoms with Gasteiger partial charge >= 0.3 is 10.0 Å². The number of benzene rings is 3. The molecule has 0 aliphatic carbocycles. The van der Waals surface area contributed by atoms with Crippen molar-refractivity contribution in [3.63, 3.8) is 0 Å². The van der Waals surface area contributed by atoms with Crippen LogP contribution in [0.1, 0.15) is 5.56 Å². The quantitative estimate of drug-likeness (QED) is 0.473. The van der Waals surface area contributed by atoms with Crippen molar-refractivity contribution in [3.8, 4) is 0 Å². The average molecular weight is 451 g/mol. The van der Waals surface area contributed by atoms with Crippen molar-refractivity contribution < 1.29 is 12.8 Å². The number of amidine groups is 1. The molecule has 3 aromatic rings. The lowest BCUT2D eigenvalue weighted by Crippen LogP contribution is -2.78. The minimum absolute atomic E-state index is 0.126. The van der Waals surface area contributed by atoms with Crippen LogP contribution in [0, 0.1) is 0 Å². The van der Waals surface area contributed by atoms with E-state index in [-0.39, 0.29) is 4.90 Å². The van der Waals surface area contributed by atoms with Gasteiger partial charge in [-0.25, -0.2) is 5.32 Å². The second-order valence-corrected chi connectivity index (χ2v) is 8.38. The number of nitrogens with one attached hydrogen (secondary N) is 2. The summed E-state index contributed by atoms with van der Waals surface area (Å²) < 4.78 is 29.0. The molecule has 0 unspecified atom stereocenters. The first-order valence-electron chi connectivity index (χ1n) is 7.68. The molecular formula is C19H15BrClN2O2S+. The molecule has 0 spiro atoms. The zero-order valence-corrected chi connectivity index (χ0v) is 16.6. The number of hydrogen-bond donors (Lipinski definition) is 2. The number of halogens is 2. The molecule has 7 heteroatoms. The largest absolute Gasteiger partial charge is 0.328 e. The fourth-order valence-corrected chi connectivity index (χ4v) is 3.94. The van der Waals surface area contributed by atoms with Crippen LogP contribution in [-0.2, 0) is 10.0 Å². The summed E-state index contributed by atoms with van der Waals surface area (Å²) in [6, 6.07) is 22.7. The number of anilines is 1. The van der Waals surface area contributed by atoms with Gasteiger partial charge in [0.2, 0.25) is 0 Å². The minimum atomic E-state index is -3.79. The molecule has 26 heavy (non-hydrogen) atoms. The third-order valence-electron chi connectivity index (χ3n) is 3.55. The van der Waals surface area contributed by atoms with E-state index in [2.05, 4.69) is 25.6 Å². The zero-order chi connectivity index (χ0) is 18.6. The van der Waals surface area contributed by atoms with E-state index < -0.39 is 10.0 Å². The summed E-state index contributed by atoms with van der Waals surface area (Å²) in [6.07, 6.45) is 0. The van der Waals surface area contributed by atoms with E-state index in [4.69, 9.17) is 11.6 Å². The Morgan fingerprint density at radius 1 is 0.885 bits per heavy atom. The van der Waals surface area contributed by atoms with Crippen LogP contribution in [0.15, 0.2) is 88.2 Å². The first-order chi connectivity index (χ1) is 12.5. The van der Waals surface area contributed by atoms with Crippen molar-refractivity contribution in [2.24, 2.45) is 0 Å². The van der Waals surface area contributed by atoms with E-state index in [9.17, 15) is 8.42 Å². The maximum absolute atomic E-state index is 12.8. The molecule has 0 aromatic heterocycles. The van der Waals surface area contributed by atoms with Crippen LogP contribution < -0.4 is 9.71 Å². The van der Waals surface area contributed by atoms with Crippen LogP contribution >= 0.6 is 27.5 Å². The highest BCUT2D eigenvalue weighted by Crippen LogP contribution is 2.17. The topological polar surface area (TPSA) is 60.1 Å². The second-order valence-electron chi connectivity index (χ2n) is 5.41. The molecule has 0 saturated heterocycles. The normalized spacial score (nSPS) is 12.0. The Labute approximate surface area is 165 Å². The van der Waals surface area contributed by atoms with E-state index in [1.807, 2.05) is 54.6 Å². The van der Waals surface area contributed by atoms with Gasteiger partial charge < -0.3 is 0 Å². The van der Waals surface area contributed by atoms with Crippen LogP contribution in [0.5, 0.6) is 0 Å². The van der Waals surface area contributed by atoms with Crippen molar-refractivity contribution in [1.82, 2.24) is 0 Å². The van der Waals surface area contributed by atoms with Gasteiger partial charge in [-0.3, -0.25) is 0 Å². The SMILES string of the molecule is O=S(=O)([NH+]=C(Nc1ccccc1)c1ccccc1Br)c1ccc(Cl)cc1. The van der Waals surface area contributed by atoms with Crippen molar-refractivity contribution in [2.45, 2.75) is 4.90 Å².